The third-order valence-corrected chi connectivity index (χ3v) is 5.47. The van der Waals surface area contributed by atoms with Crippen LogP contribution in [0.1, 0.15) is 43.2 Å². The van der Waals surface area contributed by atoms with Gasteiger partial charge < -0.3 is 5.32 Å². The third kappa shape index (κ3) is 6.26. The molecule has 0 saturated carbocycles. The minimum atomic E-state index is 0.175. The highest BCUT2D eigenvalue weighted by atomic mass is 16.2. The normalized spacial score (nSPS) is 19.2. The minimum Gasteiger partial charge on any atom is -0.355 e. The first-order chi connectivity index (χ1) is 12.7. The summed E-state index contributed by atoms with van der Waals surface area (Å²) in [6.07, 6.45) is 8.46. The van der Waals surface area contributed by atoms with E-state index in [2.05, 4.69) is 52.4 Å². The highest BCUT2D eigenvalue weighted by Gasteiger charge is 2.19. The molecule has 1 amide bonds. The van der Waals surface area contributed by atoms with Crippen LogP contribution in [-0.4, -0.2) is 55.0 Å². The Bertz CT molecular complexity index is 618. The molecule has 26 heavy (non-hydrogen) atoms. The fourth-order valence-electron chi connectivity index (χ4n) is 3.93. The largest absolute Gasteiger partial charge is 0.355 e. The van der Waals surface area contributed by atoms with Crippen LogP contribution < -0.4 is 5.32 Å². The Morgan fingerprint density at radius 3 is 2.65 bits per heavy atom. The summed E-state index contributed by atoms with van der Waals surface area (Å²) in [6.45, 7) is 8.51. The molecule has 3 rings (SSSR count). The van der Waals surface area contributed by atoms with E-state index in [1.165, 1.54) is 42.4 Å². The van der Waals surface area contributed by atoms with Crippen molar-refractivity contribution in [2.75, 3.05) is 39.3 Å². The molecule has 0 bridgehead atoms. The number of piperazine rings is 1. The van der Waals surface area contributed by atoms with Gasteiger partial charge in [0.2, 0.25) is 5.91 Å². The molecule has 142 valence electrons. The van der Waals surface area contributed by atoms with E-state index >= 15 is 0 Å². The molecular formula is C22H33N3O. The molecule has 0 radical (unpaired) electrons. The molecule has 0 atom stereocenters. The van der Waals surface area contributed by atoms with Gasteiger partial charge in [-0.25, -0.2) is 0 Å². The maximum atomic E-state index is 12.2. The maximum absolute atomic E-state index is 12.2. The summed E-state index contributed by atoms with van der Waals surface area (Å²) in [7, 11) is 0. The number of allylic oxidation sites excluding steroid dienone is 1. The predicted molar refractivity (Wildman–Crippen MR) is 107 cm³/mol. The van der Waals surface area contributed by atoms with Crippen LogP contribution in [0.25, 0.3) is 0 Å². The highest BCUT2D eigenvalue weighted by molar-refractivity contribution is 5.78. The van der Waals surface area contributed by atoms with Gasteiger partial charge in [-0.1, -0.05) is 41.5 Å². The number of hydrogen-bond donors (Lipinski definition) is 1. The monoisotopic (exact) mass is 355 g/mol. The van der Waals surface area contributed by atoms with Crippen molar-refractivity contribution in [3.63, 3.8) is 0 Å². The molecule has 1 aromatic rings. The number of rotatable bonds is 7. The Labute approximate surface area is 158 Å². The standard InChI is InChI=1S/C22H33N3O/c1-19-6-5-9-21(16-19)17-24-12-14-25(15-13-24)18-22(26)23-11-10-20-7-3-2-4-8-20/h5-7,9,16H,2-4,8,10-15,17-18H2,1H3,(H,23,26). The molecule has 1 aliphatic carbocycles. The molecule has 4 nitrogen and oxygen atoms in total. The summed E-state index contributed by atoms with van der Waals surface area (Å²) in [4.78, 5) is 16.9. The summed E-state index contributed by atoms with van der Waals surface area (Å²) in [5.74, 6) is 0.175. The first kappa shape index (κ1) is 19.1. The van der Waals surface area contributed by atoms with Crippen LogP contribution in [0.3, 0.4) is 0 Å². The van der Waals surface area contributed by atoms with Gasteiger partial charge in [0.05, 0.1) is 6.54 Å². The van der Waals surface area contributed by atoms with Gasteiger partial charge in [-0.3, -0.25) is 14.6 Å². The van der Waals surface area contributed by atoms with Crippen molar-refractivity contribution in [2.45, 2.75) is 45.6 Å². The SMILES string of the molecule is Cc1cccc(CN2CCN(CC(=O)NCCC3=CCCCC3)CC2)c1. The number of carbonyl (C=O) groups excluding carboxylic acids is 1. The number of amides is 1. The molecule has 1 saturated heterocycles. The molecule has 1 fully saturated rings. The van der Waals surface area contributed by atoms with Gasteiger partial charge >= 0.3 is 0 Å². The summed E-state index contributed by atoms with van der Waals surface area (Å²) in [5.41, 5.74) is 4.23. The number of nitrogens with zero attached hydrogens (tertiary/aromatic N) is 2. The van der Waals surface area contributed by atoms with Crippen molar-refractivity contribution < 1.29 is 4.79 Å². The molecule has 4 heteroatoms. The molecule has 1 heterocycles. The van der Waals surface area contributed by atoms with Crippen molar-refractivity contribution in [3.05, 3.63) is 47.0 Å². The topological polar surface area (TPSA) is 35.6 Å². The second-order valence-electron chi connectivity index (χ2n) is 7.75. The predicted octanol–water partition coefficient (Wildman–Crippen LogP) is 3.12. The molecule has 0 spiro atoms. The van der Waals surface area contributed by atoms with Crippen LogP contribution in [0.4, 0.5) is 0 Å². The quantitative estimate of drug-likeness (QED) is 0.764. The number of benzene rings is 1. The molecule has 1 aliphatic heterocycles. The van der Waals surface area contributed by atoms with E-state index in [4.69, 9.17) is 0 Å². The van der Waals surface area contributed by atoms with Crippen LogP contribution >= 0.6 is 0 Å². The van der Waals surface area contributed by atoms with Crippen molar-refractivity contribution in [1.82, 2.24) is 15.1 Å². The average Bonchev–Trinajstić information content (AvgIpc) is 2.64. The number of carbonyl (C=O) groups is 1. The summed E-state index contributed by atoms with van der Waals surface area (Å²) < 4.78 is 0. The molecule has 0 unspecified atom stereocenters. The summed E-state index contributed by atoms with van der Waals surface area (Å²) in [5, 5.41) is 3.10. The van der Waals surface area contributed by atoms with Gasteiger partial charge in [0.1, 0.15) is 0 Å². The van der Waals surface area contributed by atoms with Crippen molar-refractivity contribution in [3.8, 4) is 0 Å². The zero-order chi connectivity index (χ0) is 18.2. The smallest absolute Gasteiger partial charge is 0.234 e. The molecule has 1 N–H and O–H groups in total. The molecular weight excluding hydrogens is 322 g/mol. The lowest BCUT2D eigenvalue weighted by Crippen LogP contribution is -2.49. The molecule has 1 aromatic carbocycles. The first-order valence-electron chi connectivity index (χ1n) is 10.1. The lowest BCUT2D eigenvalue weighted by Gasteiger charge is -2.34. The second-order valence-corrected chi connectivity index (χ2v) is 7.75. The number of hydrogen-bond acceptors (Lipinski definition) is 3. The van der Waals surface area contributed by atoms with E-state index in [1.54, 1.807) is 0 Å². The van der Waals surface area contributed by atoms with E-state index in [0.29, 0.717) is 6.54 Å². The van der Waals surface area contributed by atoms with E-state index < -0.39 is 0 Å². The zero-order valence-electron chi connectivity index (χ0n) is 16.2. The van der Waals surface area contributed by atoms with Gasteiger partial charge in [-0.15, -0.1) is 0 Å². The van der Waals surface area contributed by atoms with Crippen LogP contribution in [0.5, 0.6) is 0 Å². The van der Waals surface area contributed by atoms with Crippen LogP contribution in [0, 0.1) is 6.92 Å². The number of aryl methyl sites for hydroxylation is 1. The molecule has 0 aromatic heterocycles. The van der Waals surface area contributed by atoms with E-state index in [-0.39, 0.29) is 5.91 Å². The van der Waals surface area contributed by atoms with E-state index in [1.807, 2.05) is 0 Å². The molecule has 2 aliphatic rings. The van der Waals surface area contributed by atoms with Gasteiger partial charge in [0.15, 0.2) is 0 Å². The Kier molecular flexibility index (Phi) is 7.27. The Morgan fingerprint density at radius 1 is 1.12 bits per heavy atom. The van der Waals surface area contributed by atoms with Crippen molar-refractivity contribution >= 4 is 5.91 Å². The van der Waals surface area contributed by atoms with Crippen LogP contribution in [0.2, 0.25) is 0 Å². The van der Waals surface area contributed by atoms with Gasteiger partial charge in [-0.05, 0) is 44.6 Å². The fraction of sp³-hybridized carbons (Fsp3) is 0.591. The van der Waals surface area contributed by atoms with Gasteiger partial charge in [-0.2, -0.15) is 0 Å². The Hall–Kier alpha value is -1.65. The first-order valence-corrected chi connectivity index (χ1v) is 10.1. The lowest BCUT2D eigenvalue weighted by molar-refractivity contribution is -0.122. The van der Waals surface area contributed by atoms with Gasteiger partial charge in [0, 0.05) is 39.3 Å². The second kappa shape index (κ2) is 9.89. The van der Waals surface area contributed by atoms with Crippen molar-refractivity contribution in [1.29, 1.82) is 0 Å². The van der Waals surface area contributed by atoms with Crippen LogP contribution in [0.15, 0.2) is 35.9 Å². The average molecular weight is 356 g/mol. The zero-order valence-corrected chi connectivity index (χ0v) is 16.2. The van der Waals surface area contributed by atoms with Crippen molar-refractivity contribution in [2.24, 2.45) is 0 Å². The summed E-state index contributed by atoms with van der Waals surface area (Å²) >= 11 is 0. The van der Waals surface area contributed by atoms with Crippen LogP contribution in [-0.2, 0) is 11.3 Å². The highest BCUT2D eigenvalue weighted by Crippen LogP contribution is 2.19. The summed E-state index contributed by atoms with van der Waals surface area (Å²) in [6, 6.07) is 8.75. The number of nitrogens with one attached hydrogen (secondary N) is 1. The fourth-order valence-corrected chi connectivity index (χ4v) is 3.93. The maximum Gasteiger partial charge on any atom is 0.234 e. The Morgan fingerprint density at radius 2 is 1.92 bits per heavy atom. The third-order valence-electron chi connectivity index (χ3n) is 5.47. The minimum absolute atomic E-state index is 0.175. The lowest BCUT2D eigenvalue weighted by atomic mass is 9.97. The van der Waals surface area contributed by atoms with E-state index in [9.17, 15) is 4.79 Å². The van der Waals surface area contributed by atoms with E-state index in [0.717, 1.165) is 45.7 Å². The Balaban J connectivity index is 1.31. The van der Waals surface area contributed by atoms with Gasteiger partial charge in [0.25, 0.3) is 0 Å².